The lowest BCUT2D eigenvalue weighted by atomic mass is 9.64. The maximum atomic E-state index is 15.2. The molecule has 1 atom stereocenters. The number of halogens is 1. The second-order valence-corrected chi connectivity index (χ2v) is 9.14. The van der Waals surface area contributed by atoms with Gasteiger partial charge in [-0.3, -0.25) is 4.98 Å². The molecule has 0 bridgehead atoms. The van der Waals surface area contributed by atoms with E-state index in [1.165, 1.54) is 16.0 Å². The fourth-order valence-electron chi connectivity index (χ4n) is 5.06. The molecule has 2 aliphatic carbocycles. The molecule has 2 aliphatic rings. The molecule has 29 heavy (non-hydrogen) atoms. The molecule has 1 nitrogen and oxygen atoms in total. The highest BCUT2D eigenvalue weighted by atomic mass is 19.1. The first kappa shape index (κ1) is 19.8. The van der Waals surface area contributed by atoms with Gasteiger partial charge in [-0.2, -0.15) is 0 Å². The molecule has 1 aromatic carbocycles. The minimum absolute atomic E-state index is 0.0668. The van der Waals surface area contributed by atoms with Crippen LogP contribution in [0.2, 0.25) is 0 Å². The molecule has 0 saturated heterocycles. The number of nitrogens with zero attached hydrogens (tertiary/aromatic N) is 1. The molecule has 0 amide bonds. The molecule has 150 valence electrons. The normalized spacial score (nSPS) is 21.2. The van der Waals surface area contributed by atoms with E-state index in [1.54, 1.807) is 6.08 Å². The number of fused-ring (bicyclic) bond motifs is 2. The molecule has 0 saturated carbocycles. The Kier molecular flexibility index (Phi) is 4.85. The zero-order chi connectivity index (χ0) is 20.9. The average molecular weight is 388 g/mol. The van der Waals surface area contributed by atoms with Gasteiger partial charge in [-0.1, -0.05) is 69.7 Å². The third-order valence-corrected chi connectivity index (χ3v) is 6.92. The second kappa shape index (κ2) is 7.09. The van der Waals surface area contributed by atoms with Crippen LogP contribution >= 0.6 is 0 Å². The summed E-state index contributed by atoms with van der Waals surface area (Å²) in [6, 6.07) is 10.4. The highest BCUT2D eigenvalue weighted by Crippen LogP contribution is 2.51. The largest absolute Gasteiger partial charge is 0.255 e. The Labute approximate surface area is 173 Å². The molecule has 0 aliphatic heterocycles. The molecule has 1 aromatic heterocycles. The van der Waals surface area contributed by atoms with Crippen LogP contribution in [0.15, 0.2) is 54.0 Å². The summed E-state index contributed by atoms with van der Waals surface area (Å²) in [5.74, 6) is 0.648. The van der Waals surface area contributed by atoms with Crippen LogP contribution in [0.4, 0.5) is 4.39 Å². The molecule has 0 spiro atoms. The van der Waals surface area contributed by atoms with E-state index in [2.05, 4.69) is 71.9 Å². The summed E-state index contributed by atoms with van der Waals surface area (Å²) >= 11 is 0. The van der Waals surface area contributed by atoms with Gasteiger partial charge in [0.25, 0.3) is 0 Å². The lowest BCUT2D eigenvalue weighted by Crippen LogP contribution is -2.42. The van der Waals surface area contributed by atoms with Crippen molar-refractivity contribution in [3.05, 3.63) is 70.1 Å². The summed E-state index contributed by atoms with van der Waals surface area (Å²) < 4.78 is 15.2. The van der Waals surface area contributed by atoms with E-state index < -0.39 is 0 Å². The number of allylic oxidation sites excluding steroid dienone is 4. The molecule has 4 rings (SSSR count). The number of benzene rings is 1. The van der Waals surface area contributed by atoms with Crippen LogP contribution in [0, 0.1) is 17.3 Å². The van der Waals surface area contributed by atoms with E-state index >= 15 is 4.39 Å². The van der Waals surface area contributed by atoms with Crippen molar-refractivity contribution < 1.29 is 4.39 Å². The zero-order valence-electron chi connectivity index (χ0n) is 18.3. The lowest BCUT2D eigenvalue weighted by molar-refractivity contribution is 0.443. The SMILES string of the molecule is C/C=c1/c(-c2ccccc2)cnc2c1=C(C)C(C)(C)C1=C2C(C(C)C)CC=C1F. The van der Waals surface area contributed by atoms with Gasteiger partial charge in [-0.25, -0.2) is 4.39 Å². The highest BCUT2D eigenvalue weighted by molar-refractivity contribution is 5.84. The number of hydrogen-bond donors (Lipinski definition) is 0. The molecular formula is C27H30FN. The Morgan fingerprint density at radius 1 is 1.17 bits per heavy atom. The van der Waals surface area contributed by atoms with Crippen molar-refractivity contribution in [2.45, 2.75) is 48.0 Å². The van der Waals surface area contributed by atoms with Gasteiger partial charge in [0.2, 0.25) is 0 Å². The van der Waals surface area contributed by atoms with Crippen molar-refractivity contribution in [3.8, 4) is 11.1 Å². The first-order valence-corrected chi connectivity index (χ1v) is 10.6. The molecule has 1 unspecified atom stereocenters. The van der Waals surface area contributed by atoms with Crippen molar-refractivity contribution in [2.24, 2.45) is 17.3 Å². The predicted molar refractivity (Wildman–Crippen MR) is 121 cm³/mol. The summed E-state index contributed by atoms with van der Waals surface area (Å²) in [6.45, 7) is 13.0. The van der Waals surface area contributed by atoms with Gasteiger partial charge in [0.15, 0.2) is 0 Å². The Balaban J connectivity index is 2.14. The van der Waals surface area contributed by atoms with Gasteiger partial charge in [-0.05, 0) is 54.5 Å². The third kappa shape index (κ3) is 2.92. The molecule has 0 radical (unpaired) electrons. The number of aromatic nitrogens is 1. The van der Waals surface area contributed by atoms with Crippen LogP contribution in [0.25, 0.3) is 28.3 Å². The summed E-state index contributed by atoms with van der Waals surface area (Å²) in [7, 11) is 0. The first-order chi connectivity index (χ1) is 13.8. The lowest BCUT2D eigenvalue weighted by Gasteiger charge is -2.40. The van der Waals surface area contributed by atoms with E-state index in [0.29, 0.717) is 5.92 Å². The predicted octanol–water partition coefficient (Wildman–Crippen LogP) is 6.04. The van der Waals surface area contributed by atoms with Crippen molar-refractivity contribution >= 4 is 17.2 Å². The molecule has 0 fully saturated rings. The number of rotatable bonds is 2. The first-order valence-electron chi connectivity index (χ1n) is 10.6. The van der Waals surface area contributed by atoms with Crippen LogP contribution < -0.4 is 10.4 Å². The summed E-state index contributed by atoms with van der Waals surface area (Å²) in [5.41, 5.74) is 6.06. The van der Waals surface area contributed by atoms with Crippen LogP contribution in [0.3, 0.4) is 0 Å². The van der Waals surface area contributed by atoms with Gasteiger partial charge < -0.3 is 0 Å². The van der Waals surface area contributed by atoms with Crippen molar-refractivity contribution in [1.29, 1.82) is 0 Å². The fraction of sp³-hybridized carbons (Fsp3) is 0.370. The Morgan fingerprint density at radius 2 is 1.86 bits per heavy atom. The Bertz CT molecular complexity index is 1150. The molecular weight excluding hydrogens is 357 g/mol. The van der Waals surface area contributed by atoms with Gasteiger partial charge >= 0.3 is 0 Å². The topological polar surface area (TPSA) is 12.9 Å². The summed E-state index contributed by atoms with van der Waals surface area (Å²) in [4.78, 5) is 4.98. The van der Waals surface area contributed by atoms with Crippen LogP contribution in [0.1, 0.15) is 53.7 Å². The summed E-state index contributed by atoms with van der Waals surface area (Å²) in [5, 5.41) is 2.40. The fourth-order valence-corrected chi connectivity index (χ4v) is 5.06. The van der Waals surface area contributed by atoms with E-state index in [9.17, 15) is 0 Å². The van der Waals surface area contributed by atoms with Crippen LogP contribution in [-0.4, -0.2) is 4.98 Å². The van der Waals surface area contributed by atoms with E-state index in [0.717, 1.165) is 34.4 Å². The Hall–Kier alpha value is -2.48. The van der Waals surface area contributed by atoms with E-state index in [1.807, 2.05) is 12.3 Å². The van der Waals surface area contributed by atoms with E-state index in [4.69, 9.17) is 4.98 Å². The third-order valence-electron chi connectivity index (χ3n) is 6.92. The maximum absolute atomic E-state index is 15.2. The van der Waals surface area contributed by atoms with Crippen molar-refractivity contribution in [3.63, 3.8) is 0 Å². The molecule has 2 aromatic rings. The van der Waals surface area contributed by atoms with Gasteiger partial charge in [0.1, 0.15) is 5.83 Å². The van der Waals surface area contributed by atoms with Crippen LogP contribution in [-0.2, 0) is 0 Å². The van der Waals surface area contributed by atoms with E-state index in [-0.39, 0.29) is 17.2 Å². The van der Waals surface area contributed by atoms with Crippen molar-refractivity contribution in [1.82, 2.24) is 4.98 Å². The molecule has 2 heteroatoms. The maximum Gasteiger partial charge on any atom is 0.123 e. The summed E-state index contributed by atoms with van der Waals surface area (Å²) in [6.07, 6.45) is 6.69. The van der Waals surface area contributed by atoms with Gasteiger partial charge in [-0.15, -0.1) is 0 Å². The highest BCUT2D eigenvalue weighted by Gasteiger charge is 2.41. The smallest absolute Gasteiger partial charge is 0.123 e. The number of pyridine rings is 1. The minimum Gasteiger partial charge on any atom is -0.255 e. The monoisotopic (exact) mass is 387 g/mol. The Morgan fingerprint density at radius 3 is 2.48 bits per heavy atom. The minimum atomic E-state index is -0.370. The number of hydrogen-bond acceptors (Lipinski definition) is 1. The van der Waals surface area contributed by atoms with Crippen molar-refractivity contribution in [2.75, 3.05) is 0 Å². The zero-order valence-corrected chi connectivity index (χ0v) is 18.3. The standard InChI is InChI=1S/C27H30FN/c1-7-19-21(18-11-9-8-10-12-18)15-29-26-23(19)17(4)27(5,6)25-22(28)14-13-20(16(2)3)24(25)26/h7-12,14-16,20H,13H2,1-6H3/b19-7-. The second-order valence-electron chi connectivity index (χ2n) is 9.14. The molecule has 0 N–H and O–H groups in total. The average Bonchev–Trinajstić information content (AvgIpc) is 2.71. The molecule has 1 heterocycles. The van der Waals surface area contributed by atoms with Gasteiger partial charge in [0.05, 0.1) is 5.69 Å². The van der Waals surface area contributed by atoms with Gasteiger partial charge in [0, 0.05) is 28.0 Å². The van der Waals surface area contributed by atoms with Crippen LogP contribution in [0.5, 0.6) is 0 Å². The quantitative estimate of drug-likeness (QED) is 0.612.